The van der Waals surface area contributed by atoms with Crippen LogP contribution in [-0.4, -0.2) is 41.8 Å². The summed E-state index contributed by atoms with van der Waals surface area (Å²) in [7, 11) is 0. The van der Waals surface area contributed by atoms with Crippen molar-refractivity contribution in [2.45, 2.75) is 12.5 Å². The fraction of sp³-hybridized carbons (Fsp3) is 0.211. The van der Waals surface area contributed by atoms with E-state index in [9.17, 15) is 23.2 Å². The molecule has 1 fully saturated rings. The zero-order valence-electron chi connectivity index (χ0n) is 14.8. The van der Waals surface area contributed by atoms with E-state index in [1.165, 1.54) is 12.1 Å². The molecule has 10 heteroatoms. The number of piperazine rings is 1. The molecule has 1 atom stereocenters. The number of hydrogen-bond donors (Lipinski definition) is 2. The number of benzene rings is 2. The van der Waals surface area contributed by atoms with E-state index in [0.717, 1.165) is 17.0 Å². The Hall–Kier alpha value is -2.71. The average Bonchev–Trinajstić information content (AvgIpc) is 2.66. The van der Waals surface area contributed by atoms with E-state index in [1.807, 2.05) is 0 Å². The normalized spacial score (nSPS) is 16.3. The van der Waals surface area contributed by atoms with Crippen molar-refractivity contribution in [3.8, 4) is 0 Å². The standard InChI is InChI=1S/C19H15Cl2F2N3O3/c20-10-1-4-13(21)15(7-10)25-17(27)9-16-18(28)24-5-6-26(16)19(29)12-3-2-11(22)8-14(12)23/h1-4,7-8,16H,5-6,9H2,(H,24,28)(H,25,27)/t16-/m0/s1. The third-order valence-corrected chi connectivity index (χ3v) is 4.90. The van der Waals surface area contributed by atoms with Crippen molar-refractivity contribution in [1.29, 1.82) is 0 Å². The molecule has 0 aliphatic carbocycles. The van der Waals surface area contributed by atoms with Gasteiger partial charge in [0.1, 0.15) is 17.7 Å². The molecule has 6 nitrogen and oxygen atoms in total. The minimum Gasteiger partial charge on any atom is -0.353 e. The predicted molar refractivity (Wildman–Crippen MR) is 104 cm³/mol. The molecule has 152 valence electrons. The van der Waals surface area contributed by atoms with Gasteiger partial charge in [-0.1, -0.05) is 23.2 Å². The van der Waals surface area contributed by atoms with E-state index in [2.05, 4.69) is 10.6 Å². The number of nitrogens with one attached hydrogen (secondary N) is 2. The number of anilines is 1. The highest BCUT2D eigenvalue weighted by molar-refractivity contribution is 6.35. The van der Waals surface area contributed by atoms with Crippen molar-refractivity contribution < 1.29 is 23.2 Å². The lowest BCUT2D eigenvalue weighted by Crippen LogP contribution is -2.58. The SMILES string of the molecule is O=C(C[C@H]1C(=O)NCCN1C(=O)c1ccc(F)cc1F)Nc1cc(Cl)ccc1Cl. The van der Waals surface area contributed by atoms with Crippen LogP contribution in [0.4, 0.5) is 14.5 Å². The van der Waals surface area contributed by atoms with E-state index in [1.54, 1.807) is 6.07 Å². The Morgan fingerprint density at radius 2 is 1.93 bits per heavy atom. The quantitative estimate of drug-likeness (QED) is 0.764. The highest BCUT2D eigenvalue weighted by atomic mass is 35.5. The van der Waals surface area contributed by atoms with Gasteiger partial charge in [0.25, 0.3) is 5.91 Å². The van der Waals surface area contributed by atoms with Gasteiger partial charge in [-0.3, -0.25) is 14.4 Å². The van der Waals surface area contributed by atoms with Gasteiger partial charge >= 0.3 is 0 Å². The number of nitrogens with zero attached hydrogens (tertiary/aromatic N) is 1. The van der Waals surface area contributed by atoms with Gasteiger partial charge in [-0.05, 0) is 30.3 Å². The number of carbonyl (C=O) groups excluding carboxylic acids is 3. The first-order valence-corrected chi connectivity index (χ1v) is 9.30. The largest absolute Gasteiger partial charge is 0.353 e. The van der Waals surface area contributed by atoms with Crippen LogP contribution in [0.5, 0.6) is 0 Å². The van der Waals surface area contributed by atoms with E-state index in [4.69, 9.17) is 23.2 Å². The third-order valence-electron chi connectivity index (χ3n) is 4.33. The van der Waals surface area contributed by atoms with Crippen molar-refractivity contribution in [1.82, 2.24) is 10.2 Å². The molecule has 1 aliphatic heterocycles. The number of amides is 3. The van der Waals surface area contributed by atoms with Crippen LogP contribution in [0.15, 0.2) is 36.4 Å². The molecule has 0 radical (unpaired) electrons. The molecular weight excluding hydrogens is 427 g/mol. The molecule has 0 aromatic heterocycles. The van der Waals surface area contributed by atoms with Crippen molar-refractivity contribution in [2.75, 3.05) is 18.4 Å². The van der Waals surface area contributed by atoms with Crippen LogP contribution in [-0.2, 0) is 9.59 Å². The van der Waals surface area contributed by atoms with E-state index >= 15 is 0 Å². The Morgan fingerprint density at radius 1 is 1.17 bits per heavy atom. The molecule has 1 saturated heterocycles. The maximum absolute atomic E-state index is 14.0. The first-order valence-electron chi connectivity index (χ1n) is 8.55. The predicted octanol–water partition coefficient (Wildman–Crippen LogP) is 3.24. The van der Waals surface area contributed by atoms with E-state index in [0.29, 0.717) is 11.1 Å². The molecule has 2 aromatic carbocycles. The lowest BCUT2D eigenvalue weighted by Gasteiger charge is -2.34. The van der Waals surface area contributed by atoms with Crippen molar-refractivity contribution in [3.05, 3.63) is 63.6 Å². The Morgan fingerprint density at radius 3 is 2.66 bits per heavy atom. The lowest BCUT2D eigenvalue weighted by atomic mass is 10.1. The minimum absolute atomic E-state index is 0.0667. The zero-order chi connectivity index (χ0) is 21.1. The van der Waals surface area contributed by atoms with Crippen LogP contribution in [0, 0.1) is 11.6 Å². The molecule has 0 unspecified atom stereocenters. The number of halogens is 4. The molecule has 2 N–H and O–H groups in total. The topological polar surface area (TPSA) is 78.5 Å². The van der Waals surface area contributed by atoms with Gasteiger partial charge in [0.15, 0.2) is 0 Å². The second-order valence-corrected chi connectivity index (χ2v) is 7.15. The summed E-state index contributed by atoms with van der Waals surface area (Å²) >= 11 is 11.9. The third kappa shape index (κ3) is 4.83. The highest BCUT2D eigenvalue weighted by Crippen LogP contribution is 2.26. The molecule has 0 saturated carbocycles. The fourth-order valence-electron chi connectivity index (χ4n) is 2.95. The average molecular weight is 442 g/mol. The minimum atomic E-state index is -1.17. The first-order chi connectivity index (χ1) is 13.8. The van der Waals surface area contributed by atoms with E-state index in [-0.39, 0.29) is 35.8 Å². The van der Waals surface area contributed by atoms with Crippen molar-refractivity contribution in [2.24, 2.45) is 0 Å². The summed E-state index contributed by atoms with van der Waals surface area (Å²) in [4.78, 5) is 38.6. The molecule has 29 heavy (non-hydrogen) atoms. The van der Waals surface area contributed by atoms with Crippen molar-refractivity contribution in [3.63, 3.8) is 0 Å². The summed E-state index contributed by atoms with van der Waals surface area (Å²) < 4.78 is 27.1. The summed E-state index contributed by atoms with van der Waals surface area (Å²) in [5, 5.41) is 5.71. The maximum atomic E-state index is 14.0. The number of carbonyl (C=O) groups is 3. The molecular formula is C19H15Cl2F2N3O3. The first kappa shape index (κ1) is 21.0. The summed E-state index contributed by atoms with van der Waals surface area (Å²) in [5.74, 6) is -3.83. The molecule has 1 aliphatic rings. The zero-order valence-corrected chi connectivity index (χ0v) is 16.4. The Kier molecular flexibility index (Phi) is 6.34. The van der Waals surface area contributed by atoms with Gasteiger partial charge in [-0.25, -0.2) is 8.78 Å². The van der Waals surface area contributed by atoms with Crippen LogP contribution >= 0.6 is 23.2 Å². The molecule has 3 amide bonds. The molecule has 3 rings (SSSR count). The fourth-order valence-corrected chi connectivity index (χ4v) is 3.29. The summed E-state index contributed by atoms with van der Waals surface area (Å²) in [6.45, 7) is 0.211. The lowest BCUT2D eigenvalue weighted by molar-refractivity contribution is -0.131. The molecule has 0 spiro atoms. The van der Waals surface area contributed by atoms with Crippen molar-refractivity contribution >= 4 is 46.6 Å². The Labute approximate surface area is 174 Å². The second kappa shape index (κ2) is 8.75. The Balaban J connectivity index is 1.79. The van der Waals surface area contributed by atoms with Crippen LogP contribution in [0.25, 0.3) is 0 Å². The maximum Gasteiger partial charge on any atom is 0.257 e. The summed E-state index contributed by atoms with van der Waals surface area (Å²) in [6.07, 6.45) is -0.386. The van der Waals surface area contributed by atoms with Crippen LogP contribution in [0.2, 0.25) is 10.0 Å². The van der Waals surface area contributed by atoms with Crippen LogP contribution in [0.3, 0.4) is 0 Å². The molecule has 1 heterocycles. The van der Waals surface area contributed by atoms with Crippen LogP contribution < -0.4 is 10.6 Å². The van der Waals surface area contributed by atoms with Crippen LogP contribution in [0.1, 0.15) is 16.8 Å². The van der Waals surface area contributed by atoms with Gasteiger partial charge in [-0.15, -0.1) is 0 Å². The van der Waals surface area contributed by atoms with E-state index < -0.39 is 35.4 Å². The van der Waals surface area contributed by atoms with Gasteiger partial charge in [0.2, 0.25) is 11.8 Å². The van der Waals surface area contributed by atoms with Gasteiger partial charge < -0.3 is 15.5 Å². The molecule has 2 aromatic rings. The molecule has 0 bridgehead atoms. The summed E-state index contributed by atoms with van der Waals surface area (Å²) in [6, 6.07) is 5.86. The monoisotopic (exact) mass is 441 g/mol. The second-order valence-electron chi connectivity index (χ2n) is 6.31. The highest BCUT2D eigenvalue weighted by Gasteiger charge is 2.36. The number of rotatable bonds is 4. The van der Waals surface area contributed by atoms with Gasteiger partial charge in [0, 0.05) is 24.2 Å². The summed E-state index contributed by atoms with van der Waals surface area (Å²) in [5.41, 5.74) is -0.132. The number of hydrogen-bond acceptors (Lipinski definition) is 3. The Bertz CT molecular complexity index is 987. The smallest absolute Gasteiger partial charge is 0.257 e. The van der Waals surface area contributed by atoms with Gasteiger partial charge in [0.05, 0.1) is 22.7 Å². The van der Waals surface area contributed by atoms with Gasteiger partial charge in [-0.2, -0.15) is 0 Å².